The molecule has 7 nitrogen and oxygen atoms in total. The average molecular weight is 488 g/mol. The first-order valence-electron chi connectivity index (χ1n) is 12.2. The fourth-order valence-electron chi connectivity index (χ4n) is 4.32. The molecular weight excluding hydrogens is 442 g/mol. The molecule has 1 aromatic rings. The van der Waals surface area contributed by atoms with Crippen molar-refractivity contribution in [1.29, 1.82) is 0 Å². The maximum absolute atomic E-state index is 13.8. The number of carbonyl (C=O) groups is 3. The minimum Gasteiger partial charge on any atom is -0.466 e. The summed E-state index contributed by atoms with van der Waals surface area (Å²) >= 11 is 0. The lowest BCUT2D eigenvalue weighted by Gasteiger charge is -2.40. The maximum Gasteiger partial charge on any atom is 0.333 e. The van der Waals surface area contributed by atoms with Gasteiger partial charge in [0.25, 0.3) is 0 Å². The van der Waals surface area contributed by atoms with Gasteiger partial charge in [-0.2, -0.15) is 0 Å². The summed E-state index contributed by atoms with van der Waals surface area (Å²) in [5, 5.41) is 6.19. The Balaban J connectivity index is 3.29. The molecule has 0 aliphatic heterocycles. The van der Waals surface area contributed by atoms with Gasteiger partial charge in [-0.1, -0.05) is 84.9 Å². The van der Waals surface area contributed by atoms with Crippen LogP contribution >= 0.6 is 0 Å². The third-order valence-corrected chi connectivity index (χ3v) is 6.60. The molecule has 7 heteroatoms. The minimum absolute atomic E-state index is 0.0435. The van der Waals surface area contributed by atoms with Crippen molar-refractivity contribution in [2.24, 2.45) is 11.3 Å². The number of nitrogens with zero attached hydrogens (tertiary/aromatic N) is 1. The molecule has 3 atom stereocenters. The van der Waals surface area contributed by atoms with Crippen molar-refractivity contribution in [2.75, 3.05) is 21.2 Å². The van der Waals surface area contributed by atoms with Crippen LogP contribution in [0.5, 0.6) is 0 Å². The molecule has 1 rings (SSSR count). The lowest BCUT2D eigenvalue weighted by atomic mass is 9.76. The van der Waals surface area contributed by atoms with E-state index in [0.717, 1.165) is 5.56 Å². The normalized spacial score (nSPS) is 15.3. The molecule has 0 aliphatic carbocycles. The van der Waals surface area contributed by atoms with Gasteiger partial charge in [-0.15, -0.1) is 0 Å². The summed E-state index contributed by atoms with van der Waals surface area (Å²) in [6.45, 7) is 15.5. The number of benzene rings is 1. The SMILES string of the molecule is CN[C@@H](C(=O)N[C@H](C(=O)N(C)[C@H](C=C(C)C(=O)OC)C(C)C)C(C)(C)C)C(C)(C)c1ccccc1. The Bertz CT molecular complexity index is 901. The monoisotopic (exact) mass is 487 g/mol. The van der Waals surface area contributed by atoms with E-state index in [1.165, 1.54) is 7.11 Å². The van der Waals surface area contributed by atoms with Crippen LogP contribution in [-0.2, 0) is 24.5 Å². The second-order valence-corrected chi connectivity index (χ2v) is 11.1. The van der Waals surface area contributed by atoms with Crippen molar-refractivity contribution < 1.29 is 19.1 Å². The molecule has 0 radical (unpaired) electrons. The van der Waals surface area contributed by atoms with Crippen molar-refractivity contribution in [2.45, 2.75) is 78.9 Å². The van der Waals surface area contributed by atoms with Crippen LogP contribution in [0.2, 0.25) is 0 Å². The summed E-state index contributed by atoms with van der Waals surface area (Å²) in [5.41, 5.74) is 0.396. The zero-order chi connectivity index (χ0) is 27.1. The van der Waals surface area contributed by atoms with E-state index >= 15 is 0 Å². The molecule has 0 heterocycles. The van der Waals surface area contributed by atoms with Crippen LogP contribution in [-0.4, -0.2) is 62.0 Å². The molecule has 0 saturated carbocycles. The van der Waals surface area contributed by atoms with E-state index in [4.69, 9.17) is 4.74 Å². The summed E-state index contributed by atoms with van der Waals surface area (Å²) < 4.78 is 4.82. The smallest absolute Gasteiger partial charge is 0.333 e. The molecule has 0 bridgehead atoms. The van der Waals surface area contributed by atoms with Gasteiger partial charge < -0.3 is 20.3 Å². The van der Waals surface area contributed by atoms with Crippen LogP contribution in [0.3, 0.4) is 0 Å². The van der Waals surface area contributed by atoms with Crippen LogP contribution in [0.1, 0.15) is 61.0 Å². The zero-order valence-electron chi connectivity index (χ0n) is 23.4. The molecule has 2 N–H and O–H groups in total. The largest absolute Gasteiger partial charge is 0.466 e. The van der Waals surface area contributed by atoms with Crippen molar-refractivity contribution in [3.8, 4) is 0 Å². The Kier molecular flexibility index (Phi) is 10.7. The molecule has 35 heavy (non-hydrogen) atoms. The van der Waals surface area contributed by atoms with Crippen LogP contribution < -0.4 is 10.6 Å². The highest BCUT2D eigenvalue weighted by Crippen LogP contribution is 2.29. The third-order valence-electron chi connectivity index (χ3n) is 6.60. The summed E-state index contributed by atoms with van der Waals surface area (Å²) in [6.07, 6.45) is 1.75. The van der Waals surface area contributed by atoms with Gasteiger partial charge in [-0.3, -0.25) is 9.59 Å². The molecule has 1 aromatic carbocycles. The fraction of sp³-hybridized carbons (Fsp3) is 0.607. The lowest BCUT2D eigenvalue weighted by molar-refractivity contribution is -0.141. The highest BCUT2D eigenvalue weighted by molar-refractivity contribution is 5.92. The van der Waals surface area contributed by atoms with E-state index in [0.29, 0.717) is 5.57 Å². The first kappa shape index (κ1) is 30.4. The Morgan fingerprint density at radius 1 is 1.00 bits per heavy atom. The molecule has 0 aliphatic rings. The van der Waals surface area contributed by atoms with Crippen molar-refractivity contribution in [1.82, 2.24) is 15.5 Å². The molecule has 0 spiro atoms. The quantitative estimate of drug-likeness (QED) is 0.388. The van der Waals surface area contributed by atoms with Crippen molar-refractivity contribution >= 4 is 17.8 Å². The second-order valence-electron chi connectivity index (χ2n) is 11.1. The summed E-state index contributed by atoms with van der Waals surface area (Å²) in [4.78, 5) is 40.9. The van der Waals surface area contributed by atoms with Gasteiger partial charge in [0, 0.05) is 18.0 Å². The lowest BCUT2D eigenvalue weighted by Crippen LogP contribution is -2.61. The maximum atomic E-state index is 13.8. The van der Waals surface area contributed by atoms with Crippen molar-refractivity contribution in [3.05, 3.63) is 47.5 Å². The van der Waals surface area contributed by atoms with Gasteiger partial charge >= 0.3 is 5.97 Å². The van der Waals surface area contributed by atoms with Gasteiger partial charge in [0.15, 0.2) is 0 Å². The molecular formula is C28H45N3O4. The second kappa shape index (κ2) is 12.3. The first-order valence-corrected chi connectivity index (χ1v) is 12.2. The highest BCUT2D eigenvalue weighted by Gasteiger charge is 2.41. The molecule has 0 aromatic heterocycles. The van der Waals surface area contributed by atoms with Crippen LogP contribution in [0, 0.1) is 11.3 Å². The Hall–Kier alpha value is -2.67. The zero-order valence-corrected chi connectivity index (χ0v) is 23.4. The summed E-state index contributed by atoms with van der Waals surface area (Å²) in [7, 11) is 4.80. The topological polar surface area (TPSA) is 87.7 Å². The highest BCUT2D eigenvalue weighted by atomic mass is 16.5. The Morgan fingerprint density at radius 3 is 1.97 bits per heavy atom. The van der Waals surface area contributed by atoms with E-state index in [9.17, 15) is 14.4 Å². The third kappa shape index (κ3) is 7.66. The van der Waals surface area contributed by atoms with E-state index in [1.807, 2.05) is 78.8 Å². The Morgan fingerprint density at radius 2 is 1.54 bits per heavy atom. The molecule has 2 amide bonds. The number of carbonyl (C=O) groups excluding carboxylic acids is 3. The van der Waals surface area contributed by atoms with Crippen LogP contribution in [0.4, 0.5) is 0 Å². The van der Waals surface area contributed by atoms with Gasteiger partial charge in [-0.25, -0.2) is 4.79 Å². The minimum atomic E-state index is -0.768. The number of hydrogen-bond donors (Lipinski definition) is 2. The fourth-order valence-corrected chi connectivity index (χ4v) is 4.32. The van der Waals surface area contributed by atoms with E-state index in [2.05, 4.69) is 10.6 Å². The van der Waals surface area contributed by atoms with E-state index in [1.54, 1.807) is 32.0 Å². The Labute approximate surface area is 211 Å². The number of methoxy groups -OCH3 is 1. The van der Waals surface area contributed by atoms with Crippen LogP contribution in [0.25, 0.3) is 0 Å². The predicted molar refractivity (Wildman–Crippen MR) is 141 cm³/mol. The van der Waals surface area contributed by atoms with Crippen LogP contribution in [0.15, 0.2) is 42.0 Å². The first-order chi connectivity index (χ1) is 16.1. The number of rotatable bonds is 10. The molecule has 196 valence electrons. The summed E-state index contributed by atoms with van der Waals surface area (Å²) in [5.74, 6) is -0.852. The standard InChI is InChI=1S/C28H45N3O4/c1-18(2)21(17-19(3)26(34)35-11)31(10)25(33)23(27(4,5)6)30-24(32)22(29-9)28(7,8)20-15-13-12-14-16-20/h12-18,21-23,29H,1-11H3,(H,30,32)/t21-,22+,23-/m1/s1. The number of ether oxygens (including phenoxy) is 1. The van der Waals surface area contributed by atoms with E-state index in [-0.39, 0.29) is 23.8 Å². The summed E-state index contributed by atoms with van der Waals surface area (Å²) in [6, 6.07) is 8.18. The van der Waals surface area contributed by atoms with Gasteiger partial charge in [0.05, 0.1) is 19.2 Å². The number of likely N-dealkylation sites (N-methyl/N-ethyl adjacent to an activating group) is 2. The molecule has 0 saturated heterocycles. The van der Waals surface area contributed by atoms with E-state index < -0.39 is 28.9 Å². The van der Waals surface area contributed by atoms with Gasteiger partial charge in [-0.05, 0) is 30.9 Å². The molecule has 0 unspecified atom stereocenters. The van der Waals surface area contributed by atoms with Crippen molar-refractivity contribution in [3.63, 3.8) is 0 Å². The van der Waals surface area contributed by atoms with Gasteiger partial charge in [0.1, 0.15) is 6.04 Å². The molecule has 0 fully saturated rings. The number of amides is 2. The number of hydrogen-bond acceptors (Lipinski definition) is 5. The predicted octanol–water partition coefficient (Wildman–Crippen LogP) is 3.69. The number of esters is 1. The number of nitrogens with one attached hydrogen (secondary N) is 2. The van der Waals surface area contributed by atoms with Gasteiger partial charge in [0.2, 0.25) is 11.8 Å². The average Bonchev–Trinajstić information content (AvgIpc) is 2.79.